The maximum absolute atomic E-state index is 11.3. The highest BCUT2D eigenvalue weighted by Gasteiger charge is 2.22. The van der Waals surface area contributed by atoms with Crippen LogP contribution in [0.25, 0.3) is 11.0 Å². The second-order valence-electron chi connectivity index (χ2n) is 4.78. The van der Waals surface area contributed by atoms with Crippen LogP contribution in [0.1, 0.15) is 34.9 Å². The second-order valence-corrected chi connectivity index (χ2v) is 6.48. The Morgan fingerprint density at radius 1 is 1.37 bits per heavy atom. The number of fused-ring (bicyclic) bond motifs is 1. The quantitative estimate of drug-likeness (QED) is 0.878. The van der Waals surface area contributed by atoms with Crippen LogP contribution in [0.3, 0.4) is 0 Å². The van der Waals surface area contributed by atoms with Crippen LogP contribution in [0.4, 0.5) is 0 Å². The molecule has 2 heterocycles. The van der Waals surface area contributed by atoms with Gasteiger partial charge in [-0.2, -0.15) is 0 Å². The first-order valence-electron chi connectivity index (χ1n) is 6.21. The van der Waals surface area contributed by atoms with E-state index in [1.54, 1.807) is 18.2 Å². The largest absolute Gasteiger partial charge is 0.478 e. The van der Waals surface area contributed by atoms with E-state index in [-0.39, 0.29) is 5.56 Å². The SMILES string of the molecule is O=C(O)c1ccc2nc(C3CCS(=O)CC3)[nH]c2c1. The summed E-state index contributed by atoms with van der Waals surface area (Å²) in [6.45, 7) is 0. The second kappa shape index (κ2) is 4.77. The molecule has 19 heavy (non-hydrogen) atoms. The summed E-state index contributed by atoms with van der Waals surface area (Å²) >= 11 is 0. The van der Waals surface area contributed by atoms with Crippen LogP contribution in [0.5, 0.6) is 0 Å². The molecule has 5 nitrogen and oxygen atoms in total. The van der Waals surface area contributed by atoms with E-state index in [0.29, 0.717) is 5.92 Å². The molecule has 1 aliphatic rings. The zero-order valence-corrected chi connectivity index (χ0v) is 11.1. The van der Waals surface area contributed by atoms with Gasteiger partial charge < -0.3 is 10.1 Å². The number of nitrogens with one attached hydrogen (secondary N) is 1. The van der Waals surface area contributed by atoms with E-state index in [1.165, 1.54) is 0 Å². The number of nitrogens with zero attached hydrogens (tertiary/aromatic N) is 1. The minimum absolute atomic E-state index is 0.257. The number of imidazole rings is 1. The monoisotopic (exact) mass is 278 g/mol. The van der Waals surface area contributed by atoms with Crippen LogP contribution in [0.2, 0.25) is 0 Å². The smallest absolute Gasteiger partial charge is 0.335 e. The van der Waals surface area contributed by atoms with E-state index in [2.05, 4.69) is 9.97 Å². The summed E-state index contributed by atoms with van der Waals surface area (Å²) in [6, 6.07) is 4.89. The van der Waals surface area contributed by atoms with Crippen molar-refractivity contribution in [3.63, 3.8) is 0 Å². The van der Waals surface area contributed by atoms with Crippen LogP contribution in [-0.2, 0) is 10.8 Å². The lowest BCUT2D eigenvalue weighted by Gasteiger charge is -2.18. The van der Waals surface area contributed by atoms with E-state index in [1.807, 2.05) is 0 Å². The number of aromatic carboxylic acids is 1. The minimum atomic E-state index is -0.939. The Morgan fingerprint density at radius 3 is 2.79 bits per heavy atom. The molecule has 3 rings (SSSR count). The van der Waals surface area contributed by atoms with E-state index in [9.17, 15) is 9.00 Å². The molecule has 0 spiro atoms. The molecule has 0 atom stereocenters. The van der Waals surface area contributed by atoms with Gasteiger partial charge in [0.1, 0.15) is 5.82 Å². The Labute approximate surface area is 112 Å². The van der Waals surface area contributed by atoms with Gasteiger partial charge in [-0.1, -0.05) is 0 Å². The maximum Gasteiger partial charge on any atom is 0.335 e. The van der Waals surface area contributed by atoms with Gasteiger partial charge in [0.25, 0.3) is 0 Å². The third-order valence-corrected chi connectivity index (χ3v) is 4.90. The molecule has 6 heteroatoms. The summed E-state index contributed by atoms with van der Waals surface area (Å²) < 4.78 is 11.3. The highest BCUT2D eigenvalue weighted by molar-refractivity contribution is 7.85. The van der Waals surface area contributed by atoms with Gasteiger partial charge in [0.2, 0.25) is 0 Å². The lowest BCUT2D eigenvalue weighted by atomic mass is 10.0. The van der Waals surface area contributed by atoms with Crippen molar-refractivity contribution in [2.24, 2.45) is 0 Å². The number of rotatable bonds is 2. The van der Waals surface area contributed by atoms with Crippen molar-refractivity contribution >= 4 is 27.8 Å². The van der Waals surface area contributed by atoms with Crippen LogP contribution in [-0.4, -0.2) is 36.8 Å². The predicted molar refractivity (Wildman–Crippen MR) is 72.9 cm³/mol. The zero-order valence-electron chi connectivity index (χ0n) is 10.3. The molecule has 0 radical (unpaired) electrons. The Morgan fingerprint density at radius 2 is 2.11 bits per heavy atom. The van der Waals surface area contributed by atoms with Crippen molar-refractivity contribution in [2.45, 2.75) is 18.8 Å². The third kappa shape index (κ3) is 2.40. The molecule has 2 aromatic rings. The number of aromatic nitrogens is 2. The van der Waals surface area contributed by atoms with Crippen LogP contribution in [0.15, 0.2) is 18.2 Å². The van der Waals surface area contributed by atoms with Crippen molar-refractivity contribution in [1.82, 2.24) is 9.97 Å². The fourth-order valence-electron chi connectivity index (χ4n) is 2.42. The van der Waals surface area contributed by atoms with Crippen molar-refractivity contribution in [3.05, 3.63) is 29.6 Å². The minimum Gasteiger partial charge on any atom is -0.478 e. The lowest BCUT2D eigenvalue weighted by Crippen LogP contribution is -2.17. The molecule has 2 N–H and O–H groups in total. The number of H-pyrrole nitrogens is 1. The number of hydrogen-bond acceptors (Lipinski definition) is 3. The summed E-state index contributed by atoms with van der Waals surface area (Å²) in [5.41, 5.74) is 1.79. The number of carbonyl (C=O) groups is 1. The molecule has 1 aliphatic heterocycles. The van der Waals surface area contributed by atoms with Gasteiger partial charge in [0.15, 0.2) is 0 Å². The molecule has 1 aromatic heterocycles. The topological polar surface area (TPSA) is 83.0 Å². The summed E-state index contributed by atoms with van der Waals surface area (Å²) in [7, 11) is -0.682. The highest BCUT2D eigenvalue weighted by Crippen LogP contribution is 2.27. The standard InChI is InChI=1S/C13H14N2O3S/c16-13(17)9-1-2-10-11(7-9)15-12(14-10)8-3-5-19(18)6-4-8/h1-2,7-8H,3-6H2,(H,14,15)(H,16,17). The fourth-order valence-corrected chi connectivity index (χ4v) is 3.72. The van der Waals surface area contributed by atoms with E-state index >= 15 is 0 Å². The van der Waals surface area contributed by atoms with Crippen molar-refractivity contribution in [1.29, 1.82) is 0 Å². The van der Waals surface area contributed by atoms with Gasteiger partial charge in [0, 0.05) is 28.2 Å². The van der Waals surface area contributed by atoms with Crippen LogP contribution in [0, 0.1) is 0 Å². The molecule has 0 amide bonds. The first-order valence-corrected chi connectivity index (χ1v) is 7.70. The third-order valence-electron chi connectivity index (χ3n) is 3.52. The summed E-state index contributed by atoms with van der Waals surface area (Å²) in [5, 5.41) is 8.96. The summed E-state index contributed by atoms with van der Waals surface area (Å²) in [5.74, 6) is 1.70. The molecule has 0 saturated carbocycles. The molecule has 1 fully saturated rings. The number of hydrogen-bond donors (Lipinski definition) is 2. The fraction of sp³-hybridized carbons (Fsp3) is 0.385. The van der Waals surface area contributed by atoms with Gasteiger partial charge in [0.05, 0.1) is 16.6 Å². The van der Waals surface area contributed by atoms with Gasteiger partial charge in [-0.05, 0) is 31.0 Å². The molecule has 0 unspecified atom stereocenters. The van der Waals surface area contributed by atoms with Gasteiger partial charge in [-0.3, -0.25) is 4.21 Å². The highest BCUT2D eigenvalue weighted by atomic mass is 32.2. The summed E-state index contributed by atoms with van der Waals surface area (Å²) in [4.78, 5) is 18.6. The average Bonchev–Trinajstić information content (AvgIpc) is 2.82. The Balaban J connectivity index is 1.93. The zero-order chi connectivity index (χ0) is 13.4. The van der Waals surface area contributed by atoms with Gasteiger partial charge >= 0.3 is 5.97 Å². The number of benzene rings is 1. The normalized spacial score (nSPS) is 23.6. The van der Waals surface area contributed by atoms with E-state index in [0.717, 1.165) is 41.2 Å². The Bertz CT molecular complexity index is 655. The van der Waals surface area contributed by atoms with Gasteiger partial charge in [-0.25, -0.2) is 9.78 Å². The predicted octanol–water partition coefficient (Wildman–Crippen LogP) is 1.89. The van der Waals surface area contributed by atoms with Gasteiger partial charge in [-0.15, -0.1) is 0 Å². The van der Waals surface area contributed by atoms with E-state index < -0.39 is 16.8 Å². The van der Waals surface area contributed by atoms with Crippen molar-refractivity contribution in [3.8, 4) is 0 Å². The number of carboxylic acid groups (broad SMARTS) is 1. The van der Waals surface area contributed by atoms with Crippen molar-refractivity contribution < 1.29 is 14.1 Å². The molecular formula is C13H14N2O3S. The molecule has 100 valence electrons. The molecule has 1 aromatic carbocycles. The molecular weight excluding hydrogens is 264 g/mol. The molecule has 0 aliphatic carbocycles. The van der Waals surface area contributed by atoms with Crippen LogP contribution < -0.4 is 0 Å². The Kier molecular flexibility index (Phi) is 3.10. The lowest BCUT2D eigenvalue weighted by molar-refractivity contribution is 0.0697. The van der Waals surface area contributed by atoms with Crippen molar-refractivity contribution in [2.75, 3.05) is 11.5 Å². The van der Waals surface area contributed by atoms with Crippen LogP contribution >= 0.6 is 0 Å². The number of carboxylic acids is 1. The Hall–Kier alpha value is -1.69. The molecule has 0 bridgehead atoms. The maximum atomic E-state index is 11.3. The first kappa shape index (κ1) is 12.3. The molecule has 1 saturated heterocycles. The number of aromatic amines is 1. The van der Waals surface area contributed by atoms with E-state index in [4.69, 9.17) is 5.11 Å². The first-order chi connectivity index (χ1) is 9.13. The summed E-state index contributed by atoms with van der Waals surface area (Å²) in [6.07, 6.45) is 1.75. The average molecular weight is 278 g/mol.